The lowest BCUT2D eigenvalue weighted by Gasteiger charge is -2.23. The summed E-state index contributed by atoms with van der Waals surface area (Å²) in [5.74, 6) is 0. The van der Waals surface area contributed by atoms with E-state index in [-0.39, 0.29) is 0 Å². The van der Waals surface area contributed by atoms with Crippen molar-refractivity contribution in [3.63, 3.8) is 0 Å². The predicted molar refractivity (Wildman–Crippen MR) is 84.8 cm³/mol. The monoisotopic (exact) mass is 303 g/mol. The minimum atomic E-state index is 0.343. The average molecular weight is 303 g/mol. The highest BCUT2D eigenvalue weighted by atomic mass is 32.1. The summed E-state index contributed by atoms with van der Waals surface area (Å²) < 4.78 is 7.68. The van der Waals surface area contributed by atoms with Gasteiger partial charge in [-0.25, -0.2) is 0 Å². The third-order valence-corrected chi connectivity index (χ3v) is 5.44. The second kappa shape index (κ2) is 5.81. The summed E-state index contributed by atoms with van der Waals surface area (Å²) >= 11 is 1.89. The number of aryl methyl sites for hydroxylation is 1. The summed E-state index contributed by atoms with van der Waals surface area (Å²) in [5.41, 5.74) is 2.61. The highest BCUT2D eigenvalue weighted by molar-refractivity contribution is 7.10. The normalized spacial score (nSPS) is 25.0. The molecule has 1 aliphatic heterocycles. The maximum absolute atomic E-state index is 5.67. The summed E-state index contributed by atoms with van der Waals surface area (Å²) in [7, 11) is 0. The van der Waals surface area contributed by atoms with E-state index in [9.17, 15) is 0 Å². The zero-order valence-corrected chi connectivity index (χ0v) is 12.9. The van der Waals surface area contributed by atoms with Gasteiger partial charge < -0.3 is 10.1 Å². The van der Waals surface area contributed by atoms with Crippen LogP contribution in [-0.2, 0) is 17.7 Å². The molecule has 2 atom stereocenters. The van der Waals surface area contributed by atoms with E-state index >= 15 is 0 Å². The molecule has 2 unspecified atom stereocenters. The SMILES string of the molecule is c1cc2c(s1)CCCC2Nc1cnn(CC2CCCO2)c1. The fourth-order valence-corrected chi connectivity index (χ4v) is 4.36. The first-order chi connectivity index (χ1) is 10.4. The van der Waals surface area contributed by atoms with Gasteiger partial charge >= 0.3 is 0 Å². The second-order valence-electron chi connectivity index (χ2n) is 5.97. The third-order valence-electron chi connectivity index (χ3n) is 4.44. The van der Waals surface area contributed by atoms with Gasteiger partial charge in [0.1, 0.15) is 0 Å². The van der Waals surface area contributed by atoms with Gasteiger partial charge in [-0.05, 0) is 49.1 Å². The Hall–Kier alpha value is -1.33. The van der Waals surface area contributed by atoms with Crippen molar-refractivity contribution >= 4 is 17.0 Å². The number of anilines is 1. The first kappa shape index (κ1) is 13.3. The lowest BCUT2D eigenvalue weighted by atomic mass is 9.94. The molecule has 0 aromatic carbocycles. The van der Waals surface area contributed by atoms with Gasteiger partial charge in [-0.1, -0.05) is 0 Å². The molecule has 3 heterocycles. The van der Waals surface area contributed by atoms with Crippen molar-refractivity contribution in [2.24, 2.45) is 0 Å². The minimum absolute atomic E-state index is 0.343. The van der Waals surface area contributed by atoms with Crippen molar-refractivity contribution < 1.29 is 4.74 Å². The van der Waals surface area contributed by atoms with Crippen LogP contribution in [0.3, 0.4) is 0 Å². The maximum atomic E-state index is 5.67. The number of fused-ring (bicyclic) bond motifs is 1. The molecule has 2 aliphatic rings. The molecule has 5 heteroatoms. The van der Waals surface area contributed by atoms with Crippen LogP contribution in [0.25, 0.3) is 0 Å². The van der Waals surface area contributed by atoms with Gasteiger partial charge in [-0.15, -0.1) is 11.3 Å². The van der Waals surface area contributed by atoms with E-state index in [0.29, 0.717) is 12.1 Å². The Bertz CT molecular complexity index is 600. The Morgan fingerprint density at radius 2 is 2.38 bits per heavy atom. The summed E-state index contributed by atoms with van der Waals surface area (Å²) in [6.07, 6.45) is 10.5. The lowest BCUT2D eigenvalue weighted by Crippen LogP contribution is -2.16. The van der Waals surface area contributed by atoms with Crippen LogP contribution in [0.5, 0.6) is 0 Å². The summed E-state index contributed by atoms with van der Waals surface area (Å²) in [5, 5.41) is 10.3. The minimum Gasteiger partial charge on any atom is -0.376 e. The number of thiophene rings is 1. The van der Waals surface area contributed by atoms with Gasteiger partial charge in [0.25, 0.3) is 0 Å². The zero-order chi connectivity index (χ0) is 14.1. The molecule has 1 fully saturated rings. The van der Waals surface area contributed by atoms with Crippen molar-refractivity contribution in [3.05, 3.63) is 34.3 Å². The average Bonchev–Trinajstić information content (AvgIpc) is 3.21. The molecule has 0 radical (unpaired) electrons. The Morgan fingerprint density at radius 3 is 3.29 bits per heavy atom. The molecule has 0 saturated carbocycles. The van der Waals surface area contributed by atoms with Crippen LogP contribution in [0.1, 0.15) is 42.2 Å². The largest absolute Gasteiger partial charge is 0.376 e. The van der Waals surface area contributed by atoms with Gasteiger partial charge in [0.15, 0.2) is 0 Å². The highest BCUT2D eigenvalue weighted by Crippen LogP contribution is 2.35. The topological polar surface area (TPSA) is 39.1 Å². The molecule has 2 aromatic heterocycles. The first-order valence-corrected chi connectivity index (χ1v) is 8.73. The number of hydrogen-bond acceptors (Lipinski definition) is 4. The molecule has 1 N–H and O–H groups in total. The number of ether oxygens (including phenoxy) is 1. The number of rotatable bonds is 4. The zero-order valence-electron chi connectivity index (χ0n) is 12.1. The van der Waals surface area contributed by atoms with Crippen molar-refractivity contribution in [2.45, 2.75) is 50.8 Å². The van der Waals surface area contributed by atoms with Crippen molar-refractivity contribution in [1.29, 1.82) is 0 Å². The quantitative estimate of drug-likeness (QED) is 0.937. The van der Waals surface area contributed by atoms with Crippen LogP contribution in [-0.4, -0.2) is 22.5 Å². The summed E-state index contributed by atoms with van der Waals surface area (Å²) in [6.45, 7) is 1.77. The Labute approximate surface area is 129 Å². The van der Waals surface area contributed by atoms with Crippen LogP contribution in [0.2, 0.25) is 0 Å². The standard InChI is InChI=1S/C16H21N3OS/c1-4-15(14-6-8-21-16(14)5-1)18-12-9-17-19(10-12)11-13-3-2-7-20-13/h6,8-10,13,15,18H,1-5,7,11H2. The molecular formula is C16H21N3OS. The number of hydrogen-bond donors (Lipinski definition) is 1. The van der Waals surface area contributed by atoms with Crippen molar-refractivity contribution in [2.75, 3.05) is 11.9 Å². The highest BCUT2D eigenvalue weighted by Gasteiger charge is 2.22. The van der Waals surface area contributed by atoms with E-state index < -0.39 is 0 Å². The lowest BCUT2D eigenvalue weighted by molar-refractivity contribution is 0.0940. The van der Waals surface area contributed by atoms with Crippen LogP contribution in [0, 0.1) is 0 Å². The van der Waals surface area contributed by atoms with E-state index in [1.807, 2.05) is 22.2 Å². The fraction of sp³-hybridized carbons (Fsp3) is 0.562. The summed E-state index contributed by atoms with van der Waals surface area (Å²) in [6, 6.07) is 2.72. The van der Waals surface area contributed by atoms with E-state index in [1.165, 1.54) is 31.2 Å². The molecule has 2 aromatic rings. The second-order valence-corrected chi connectivity index (χ2v) is 6.98. The van der Waals surface area contributed by atoms with Crippen LogP contribution >= 0.6 is 11.3 Å². The Balaban J connectivity index is 1.43. The number of nitrogens with zero attached hydrogens (tertiary/aromatic N) is 2. The van der Waals surface area contributed by atoms with Gasteiger partial charge in [0.2, 0.25) is 0 Å². The molecule has 4 nitrogen and oxygen atoms in total. The molecule has 0 spiro atoms. The smallest absolute Gasteiger partial charge is 0.0771 e. The Morgan fingerprint density at radius 1 is 1.38 bits per heavy atom. The van der Waals surface area contributed by atoms with E-state index in [1.54, 1.807) is 4.88 Å². The summed E-state index contributed by atoms with van der Waals surface area (Å²) in [4.78, 5) is 1.55. The van der Waals surface area contributed by atoms with Crippen LogP contribution < -0.4 is 5.32 Å². The van der Waals surface area contributed by atoms with Gasteiger partial charge in [-0.2, -0.15) is 5.10 Å². The molecule has 1 aliphatic carbocycles. The van der Waals surface area contributed by atoms with E-state index in [0.717, 1.165) is 25.3 Å². The van der Waals surface area contributed by atoms with Gasteiger partial charge in [-0.3, -0.25) is 4.68 Å². The van der Waals surface area contributed by atoms with Crippen molar-refractivity contribution in [3.8, 4) is 0 Å². The van der Waals surface area contributed by atoms with Gasteiger partial charge in [0.05, 0.1) is 30.6 Å². The molecule has 0 bridgehead atoms. The molecule has 4 rings (SSSR count). The molecule has 21 heavy (non-hydrogen) atoms. The first-order valence-electron chi connectivity index (χ1n) is 7.85. The maximum Gasteiger partial charge on any atom is 0.0771 e. The number of nitrogens with one attached hydrogen (secondary N) is 1. The molecule has 1 saturated heterocycles. The third kappa shape index (κ3) is 2.85. The van der Waals surface area contributed by atoms with Crippen molar-refractivity contribution in [1.82, 2.24) is 9.78 Å². The Kier molecular flexibility index (Phi) is 3.69. The fourth-order valence-electron chi connectivity index (χ4n) is 3.37. The molecule has 112 valence electrons. The van der Waals surface area contributed by atoms with Crippen LogP contribution in [0.15, 0.2) is 23.8 Å². The van der Waals surface area contributed by atoms with E-state index in [2.05, 4.69) is 28.1 Å². The number of aromatic nitrogens is 2. The van der Waals surface area contributed by atoms with E-state index in [4.69, 9.17) is 4.74 Å². The molecular weight excluding hydrogens is 282 g/mol. The van der Waals surface area contributed by atoms with Gasteiger partial charge in [0, 0.05) is 17.7 Å². The van der Waals surface area contributed by atoms with Crippen LogP contribution in [0.4, 0.5) is 5.69 Å². The molecule has 0 amide bonds. The predicted octanol–water partition coefficient (Wildman–Crippen LogP) is 3.61.